The number of aromatic amines is 1. The lowest BCUT2D eigenvalue weighted by Crippen LogP contribution is -2.06. The zero-order valence-corrected chi connectivity index (χ0v) is 12.4. The first-order valence-electron chi connectivity index (χ1n) is 6.77. The number of nitrogens with zero attached hydrogens (tertiary/aromatic N) is 3. The molecule has 3 heterocycles. The summed E-state index contributed by atoms with van der Waals surface area (Å²) in [5.41, 5.74) is 1.93. The van der Waals surface area contributed by atoms with E-state index < -0.39 is 0 Å². The Morgan fingerprint density at radius 1 is 1.23 bits per heavy atom. The maximum Gasteiger partial charge on any atom is 0.200 e. The Labute approximate surface area is 130 Å². The molecule has 6 heteroatoms. The second kappa shape index (κ2) is 4.68. The Hall–Kier alpha value is -2.66. The molecular formula is C16H11ClN4O. The standard InChI is InChI=1S/C16H11ClN4O/c1-9-14-15(22)11-8-10(17)5-6-12(11)19-16(14)21(20-9)13-4-2-3-7-18-13/h2-8H,1H3,(H,19,22). The highest BCUT2D eigenvalue weighted by molar-refractivity contribution is 6.31. The average Bonchev–Trinajstić information content (AvgIpc) is 2.86. The Morgan fingerprint density at radius 2 is 2.09 bits per heavy atom. The quantitative estimate of drug-likeness (QED) is 0.587. The van der Waals surface area contributed by atoms with Gasteiger partial charge in [-0.15, -0.1) is 0 Å². The predicted molar refractivity (Wildman–Crippen MR) is 86.7 cm³/mol. The maximum absolute atomic E-state index is 12.8. The number of pyridine rings is 2. The lowest BCUT2D eigenvalue weighted by molar-refractivity contribution is 0.849. The van der Waals surface area contributed by atoms with E-state index in [0.717, 1.165) is 5.52 Å². The van der Waals surface area contributed by atoms with Gasteiger partial charge in [-0.2, -0.15) is 9.78 Å². The summed E-state index contributed by atoms with van der Waals surface area (Å²) in [7, 11) is 0. The van der Waals surface area contributed by atoms with E-state index >= 15 is 0 Å². The number of halogens is 1. The highest BCUT2D eigenvalue weighted by Crippen LogP contribution is 2.21. The zero-order valence-electron chi connectivity index (χ0n) is 11.7. The summed E-state index contributed by atoms with van der Waals surface area (Å²) < 4.78 is 1.65. The van der Waals surface area contributed by atoms with Crippen LogP contribution in [-0.4, -0.2) is 19.7 Å². The number of rotatable bonds is 1. The minimum absolute atomic E-state index is 0.0778. The molecule has 0 amide bonds. The monoisotopic (exact) mass is 310 g/mol. The molecule has 0 radical (unpaired) electrons. The van der Waals surface area contributed by atoms with E-state index in [2.05, 4.69) is 15.1 Å². The summed E-state index contributed by atoms with van der Waals surface area (Å²) in [6.07, 6.45) is 1.69. The molecule has 4 rings (SSSR count). The largest absolute Gasteiger partial charge is 0.339 e. The average molecular weight is 311 g/mol. The summed E-state index contributed by atoms with van der Waals surface area (Å²) in [5, 5.41) is 6.11. The van der Waals surface area contributed by atoms with Gasteiger partial charge in [0.2, 0.25) is 5.43 Å². The van der Waals surface area contributed by atoms with Gasteiger partial charge >= 0.3 is 0 Å². The van der Waals surface area contributed by atoms with Crippen LogP contribution in [0.15, 0.2) is 47.4 Å². The minimum Gasteiger partial charge on any atom is -0.339 e. The van der Waals surface area contributed by atoms with E-state index in [1.165, 1.54) is 0 Å². The van der Waals surface area contributed by atoms with Crippen molar-refractivity contribution in [2.45, 2.75) is 6.92 Å². The van der Waals surface area contributed by atoms with E-state index in [1.807, 2.05) is 25.1 Å². The van der Waals surface area contributed by atoms with E-state index in [4.69, 9.17) is 11.6 Å². The molecule has 22 heavy (non-hydrogen) atoms. The van der Waals surface area contributed by atoms with Gasteiger partial charge in [0, 0.05) is 16.6 Å². The summed E-state index contributed by atoms with van der Waals surface area (Å²) in [6, 6.07) is 10.8. The van der Waals surface area contributed by atoms with Crippen molar-refractivity contribution >= 4 is 33.5 Å². The van der Waals surface area contributed by atoms with Crippen molar-refractivity contribution in [2.75, 3.05) is 0 Å². The van der Waals surface area contributed by atoms with Crippen LogP contribution < -0.4 is 5.43 Å². The molecule has 0 fully saturated rings. The Bertz CT molecular complexity index is 1070. The predicted octanol–water partition coefficient (Wildman–Crippen LogP) is 3.22. The van der Waals surface area contributed by atoms with Crippen molar-refractivity contribution in [3.8, 4) is 5.82 Å². The first kappa shape index (κ1) is 13.0. The highest BCUT2D eigenvalue weighted by Gasteiger charge is 2.15. The zero-order chi connectivity index (χ0) is 15.3. The number of nitrogens with one attached hydrogen (secondary N) is 1. The van der Waals surface area contributed by atoms with Gasteiger partial charge in [-0.3, -0.25) is 4.79 Å². The fourth-order valence-corrected chi connectivity index (χ4v) is 2.81. The van der Waals surface area contributed by atoms with Crippen molar-refractivity contribution < 1.29 is 0 Å². The first-order chi connectivity index (χ1) is 10.6. The summed E-state index contributed by atoms with van der Waals surface area (Å²) >= 11 is 6.00. The molecule has 1 N–H and O–H groups in total. The molecule has 0 saturated heterocycles. The van der Waals surface area contributed by atoms with Crippen molar-refractivity contribution in [2.24, 2.45) is 0 Å². The van der Waals surface area contributed by atoms with Crippen LogP contribution in [-0.2, 0) is 0 Å². The summed E-state index contributed by atoms with van der Waals surface area (Å²) in [6.45, 7) is 1.81. The molecule has 1 aromatic carbocycles. The molecule has 0 saturated carbocycles. The van der Waals surface area contributed by atoms with E-state index in [1.54, 1.807) is 29.1 Å². The third-order valence-electron chi connectivity index (χ3n) is 3.63. The van der Waals surface area contributed by atoms with Gasteiger partial charge in [0.15, 0.2) is 5.82 Å². The third kappa shape index (κ3) is 1.83. The van der Waals surface area contributed by atoms with Crippen LogP contribution in [0.4, 0.5) is 0 Å². The van der Waals surface area contributed by atoms with Gasteiger partial charge < -0.3 is 4.98 Å². The summed E-state index contributed by atoms with van der Waals surface area (Å²) in [5.74, 6) is 0.657. The van der Waals surface area contributed by atoms with E-state index in [0.29, 0.717) is 33.0 Å². The number of aryl methyl sites for hydroxylation is 1. The van der Waals surface area contributed by atoms with Gasteiger partial charge in [0.1, 0.15) is 5.65 Å². The summed E-state index contributed by atoms with van der Waals surface area (Å²) in [4.78, 5) is 20.3. The number of hydrogen-bond donors (Lipinski definition) is 1. The molecule has 0 aliphatic heterocycles. The van der Waals surface area contributed by atoms with Crippen molar-refractivity contribution in [1.29, 1.82) is 0 Å². The van der Waals surface area contributed by atoms with Crippen molar-refractivity contribution in [3.05, 3.63) is 63.5 Å². The number of fused-ring (bicyclic) bond motifs is 2. The smallest absolute Gasteiger partial charge is 0.200 e. The Morgan fingerprint density at radius 3 is 2.86 bits per heavy atom. The van der Waals surface area contributed by atoms with Gasteiger partial charge in [0.05, 0.1) is 16.6 Å². The van der Waals surface area contributed by atoms with Crippen LogP contribution in [0.25, 0.3) is 27.8 Å². The molecule has 0 spiro atoms. The molecule has 3 aromatic heterocycles. The number of benzene rings is 1. The first-order valence-corrected chi connectivity index (χ1v) is 7.15. The molecule has 0 bridgehead atoms. The van der Waals surface area contributed by atoms with Crippen molar-refractivity contribution in [1.82, 2.24) is 19.7 Å². The molecule has 0 unspecified atom stereocenters. The fourth-order valence-electron chi connectivity index (χ4n) is 2.63. The molecule has 0 aliphatic rings. The van der Waals surface area contributed by atoms with Crippen LogP contribution in [0.2, 0.25) is 5.02 Å². The van der Waals surface area contributed by atoms with Crippen molar-refractivity contribution in [3.63, 3.8) is 0 Å². The van der Waals surface area contributed by atoms with Gasteiger partial charge in [0.25, 0.3) is 0 Å². The lowest BCUT2D eigenvalue weighted by Gasteiger charge is -2.04. The van der Waals surface area contributed by atoms with Crippen LogP contribution in [0.5, 0.6) is 0 Å². The Balaban J connectivity index is 2.17. The molecule has 4 aromatic rings. The topological polar surface area (TPSA) is 63.6 Å². The van der Waals surface area contributed by atoms with Gasteiger partial charge in [-0.05, 0) is 37.3 Å². The molecule has 0 aliphatic carbocycles. The van der Waals surface area contributed by atoms with Crippen LogP contribution >= 0.6 is 11.6 Å². The fraction of sp³-hybridized carbons (Fsp3) is 0.0625. The molecule has 108 valence electrons. The van der Waals surface area contributed by atoms with E-state index in [9.17, 15) is 4.79 Å². The minimum atomic E-state index is -0.0778. The highest BCUT2D eigenvalue weighted by atomic mass is 35.5. The molecule has 5 nitrogen and oxygen atoms in total. The second-order valence-electron chi connectivity index (χ2n) is 5.05. The van der Waals surface area contributed by atoms with Gasteiger partial charge in [-0.25, -0.2) is 4.98 Å². The second-order valence-corrected chi connectivity index (χ2v) is 5.49. The number of hydrogen-bond acceptors (Lipinski definition) is 3. The van der Waals surface area contributed by atoms with E-state index in [-0.39, 0.29) is 5.43 Å². The number of aromatic nitrogens is 4. The SMILES string of the molecule is Cc1nn(-c2ccccn2)c2[nH]c3ccc(Cl)cc3c(=O)c12. The van der Waals surface area contributed by atoms with Crippen LogP contribution in [0.3, 0.4) is 0 Å². The lowest BCUT2D eigenvalue weighted by atomic mass is 10.1. The van der Waals surface area contributed by atoms with Crippen LogP contribution in [0.1, 0.15) is 5.69 Å². The third-order valence-corrected chi connectivity index (χ3v) is 3.87. The molecular weight excluding hydrogens is 300 g/mol. The Kier molecular flexibility index (Phi) is 2.77. The maximum atomic E-state index is 12.8. The van der Waals surface area contributed by atoms with Crippen LogP contribution in [0, 0.1) is 6.92 Å². The normalized spacial score (nSPS) is 11.4. The van der Waals surface area contributed by atoms with Gasteiger partial charge in [-0.1, -0.05) is 17.7 Å². The number of H-pyrrole nitrogens is 1. The molecule has 0 atom stereocenters.